The third kappa shape index (κ3) is 5.74. The molecule has 6 heteroatoms. The van der Waals surface area contributed by atoms with Crippen LogP contribution in [0, 0.1) is 0 Å². The zero-order valence-electron chi connectivity index (χ0n) is 14.8. The number of ether oxygens (including phenoxy) is 2. The SMILES string of the molecule is COc1ccc(C2(CNC(=O)CCCCC(=O)O)CCOCC2)cc1. The van der Waals surface area contributed by atoms with Crippen molar-refractivity contribution in [1.82, 2.24) is 5.32 Å². The van der Waals surface area contributed by atoms with Crippen LogP contribution >= 0.6 is 0 Å². The van der Waals surface area contributed by atoms with Gasteiger partial charge in [0.15, 0.2) is 0 Å². The monoisotopic (exact) mass is 349 g/mol. The lowest BCUT2D eigenvalue weighted by Crippen LogP contribution is -2.44. The summed E-state index contributed by atoms with van der Waals surface area (Å²) in [5, 5.41) is 11.7. The van der Waals surface area contributed by atoms with Crippen LogP contribution in [0.5, 0.6) is 5.75 Å². The number of carbonyl (C=O) groups is 2. The minimum atomic E-state index is -0.818. The van der Waals surface area contributed by atoms with Gasteiger partial charge in [-0.2, -0.15) is 0 Å². The molecule has 25 heavy (non-hydrogen) atoms. The van der Waals surface area contributed by atoms with Crippen molar-refractivity contribution in [2.75, 3.05) is 26.9 Å². The van der Waals surface area contributed by atoms with Crippen LogP contribution in [-0.4, -0.2) is 43.9 Å². The molecule has 1 saturated heterocycles. The van der Waals surface area contributed by atoms with Crippen molar-refractivity contribution >= 4 is 11.9 Å². The van der Waals surface area contributed by atoms with Crippen LogP contribution in [0.1, 0.15) is 44.1 Å². The molecule has 0 aromatic heterocycles. The van der Waals surface area contributed by atoms with E-state index < -0.39 is 5.97 Å². The van der Waals surface area contributed by atoms with Gasteiger partial charge in [-0.3, -0.25) is 9.59 Å². The van der Waals surface area contributed by atoms with Crippen molar-refractivity contribution in [3.63, 3.8) is 0 Å². The minimum Gasteiger partial charge on any atom is -0.497 e. The van der Waals surface area contributed by atoms with Gasteiger partial charge in [-0.25, -0.2) is 0 Å². The second kappa shape index (κ2) is 9.42. The quantitative estimate of drug-likeness (QED) is 0.669. The van der Waals surface area contributed by atoms with E-state index in [9.17, 15) is 9.59 Å². The first-order valence-corrected chi connectivity index (χ1v) is 8.76. The molecule has 2 rings (SSSR count). The van der Waals surface area contributed by atoms with Crippen molar-refractivity contribution < 1.29 is 24.2 Å². The van der Waals surface area contributed by atoms with E-state index in [1.807, 2.05) is 12.1 Å². The molecule has 0 radical (unpaired) electrons. The van der Waals surface area contributed by atoms with E-state index in [1.165, 1.54) is 5.56 Å². The first kappa shape index (κ1) is 19.2. The van der Waals surface area contributed by atoms with Gasteiger partial charge in [0.05, 0.1) is 7.11 Å². The first-order chi connectivity index (χ1) is 12.1. The highest BCUT2D eigenvalue weighted by Gasteiger charge is 2.34. The number of methoxy groups -OCH3 is 1. The summed E-state index contributed by atoms with van der Waals surface area (Å²) in [5.74, 6) is -0.0285. The van der Waals surface area contributed by atoms with Gasteiger partial charge in [0.1, 0.15) is 5.75 Å². The molecule has 0 bridgehead atoms. The smallest absolute Gasteiger partial charge is 0.303 e. The predicted octanol–water partition coefficient (Wildman–Crippen LogP) is 2.50. The Morgan fingerprint density at radius 1 is 1.16 bits per heavy atom. The number of amides is 1. The topological polar surface area (TPSA) is 84.9 Å². The molecular weight excluding hydrogens is 322 g/mol. The van der Waals surface area contributed by atoms with Crippen LogP contribution in [0.25, 0.3) is 0 Å². The number of carbonyl (C=O) groups excluding carboxylic acids is 1. The van der Waals surface area contributed by atoms with Crippen LogP contribution in [0.2, 0.25) is 0 Å². The zero-order chi connectivity index (χ0) is 18.1. The van der Waals surface area contributed by atoms with E-state index in [-0.39, 0.29) is 17.7 Å². The third-order valence-electron chi connectivity index (χ3n) is 4.82. The number of unbranched alkanes of at least 4 members (excludes halogenated alkanes) is 1. The van der Waals surface area contributed by atoms with Gasteiger partial charge in [0.2, 0.25) is 5.91 Å². The summed E-state index contributed by atoms with van der Waals surface area (Å²) in [6, 6.07) is 8.01. The Hall–Kier alpha value is -2.08. The molecule has 1 aromatic rings. The summed E-state index contributed by atoms with van der Waals surface area (Å²) in [4.78, 5) is 22.6. The molecule has 1 aliphatic heterocycles. The van der Waals surface area contributed by atoms with E-state index in [2.05, 4.69) is 17.4 Å². The number of hydrogen-bond acceptors (Lipinski definition) is 4. The lowest BCUT2D eigenvalue weighted by molar-refractivity contribution is -0.137. The van der Waals surface area contributed by atoms with Crippen LogP contribution in [-0.2, 0) is 19.7 Å². The van der Waals surface area contributed by atoms with Crippen molar-refractivity contribution in [1.29, 1.82) is 0 Å². The van der Waals surface area contributed by atoms with Gasteiger partial charge in [0.25, 0.3) is 0 Å². The summed E-state index contributed by atoms with van der Waals surface area (Å²) in [5.41, 5.74) is 1.06. The first-order valence-electron chi connectivity index (χ1n) is 8.76. The van der Waals surface area contributed by atoms with E-state index in [4.69, 9.17) is 14.6 Å². The second-order valence-electron chi connectivity index (χ2n) is 6.50. The van der Waals surface area contributed by atoms with Gasteiger partial charge in [-0.15, -0.1) is 0 Å². The molecule has 1 fully saturated rings. The minimum absolute atomic E-state index is 0.0234. The Bertz CT molecular complexity index is 564. The van der Waals surface area contributed by atoms with Crippen molar-refractivity contribution in [2.24, 2.45) is 0 Å². The Labute approximate surface area is 148 Å². The number of hydrogen-bond donors (Lipinski definition) is 2. The molecule has 6 nitrogen and oxygen atoms in total. The number of carboxylic acid groups (broad SMARTS) is 1. The van der Waals surface area contributed by atoms with E-state index >= 15 is 0 Å². The van der Waals surface area contributed by atoms with Crippen LogP contribution in [0.15, 0.2) is 24.3 Å². The largest absolute Gasteiger partial charge is 0.497 e. The highest BCUT2D eigenvalue weighted by atomic mass is 16.5. The molecule has 138 valence electrons. The Morgan fingerprint density at radius 3 is 2.40 bits per heavy atom. The summed E-state index contributed by atoms with van der Waals surface area (Å²) in [6.07, 6.45) is 3.32. The molecule has 1 aromatic carbocycles. The van der Waals surface area contributed by atoms with Crippen LogP contribution in [0.4, 0.5) is 0 Å². The fraction of sp³-hybridized carbons (Fsp3) is 0.579. The number of aliphatic carboxylic acids is 1. The molecule has 2 N–H and O–H groups in total. The second-order valence-corrected chi connectivity index (χ2v) is 6.50. The third-order valence-corrected chi connectivity index (χ3v) is 4.82. The normalized spacial score (nSPS) is 16.2. The van der Waals surface area contributed by atoms with E-state index in [0.717, 1.165) is 18.6 Å². The van der Waals surface area contributed by atoms with E-state index in [0.29, 0.717) is 39.0 Å². The van der Waals surface area contributed by atoms with Crippen molar-refractivity contribution in [2.45, 2.75) is 43.9 Å². The van der Waals surface area contributed by atoms with Gasteiger partial charge >= 0.3 is 5.97 Å². The average molecular weight is 349 g/mol. The number of nitrogens with one attached hydrogen (secondary N) is 1. The molecule has 0 aliphatic carbocycles. The molecule has 1 amide bonds. The van der Waals surface area contributed by atoms with Crippen LogP contribution < -0.4 is 10.1 Å². The Morgan fingerprint density at radius 2 is 1.80 bits per heavy atom. The number of rotatable bonds is 9. The maximum Gasteiger partial charge on any atom is 0.303 e. The lowest BCUT2D eigenvalue weighted by atomic mass is 9.74. The number of benzene rings is 1. The van der Waals surface area contributed by atoms with Crippen molar-refractivity contribution in [3.05, 3.63) is 29.8 Å². The lowest BCUT2D eigenvalue weighted by Gasteiger charge is -2.38. The predicted molar refractivity (Wildman–Crippen MR) is 93.8 cm³/mol. The zero-order valence-corrected chi connectivity index (χ0v) is 14.8. The standard InChI is InChI=1S/C19H27NO5/c1-24-16-8-6-15(7-9-16)19(10-12-25-13-11-19)14-20-17(21)4-2-3-5-18(22)23/h6-9H,2-5,10-14H2,1H3,(H,20,21)(H,22,23). The highest BCUT2D eigenvalue weighted by molar-refractivity contribution is 5.76. The maximum absolute atomic E-state index is 12.1. The molecule has 0 saturated carbocycles. The maximum atomic E-state index is 12.1. The molecule has 0 atom stereocenters. The van der Waals surface area contributed by atoms with Gasteiger partial charge in [0, 0.05) is 38.0 Å². The summed E-state index contributed by atoms with van der Waals surface area (Å²) in [7, 11) is 1.64. The molecular formula is C19H27NO5. The fourth-order valence-corrected chi connectivity index (χ4v) is 3.19. The van der Waals surface area contributed by atoms with Crippen LogP contribution in [0.3, 0.4) is 0 Å². The highest BCUT2D eigenvalue weighted by Crippen LogP contribution is 2.35. The summed E-state index contributed by atoms with van der Waals surface area (Å²) >= 11 is 0. The molecule has 1 heterocycles. The Kier molecular flexibility index (Phi) is 7.25. The van der Waals surface area contributed by atoms with E-state index in [1.54, 1.807) is 7.11 Å². The summed E-state index contributed by atoms with van der Waals surface area (Å²) < 4.78 is 10.7. The van der Waals surface area contributed by atoms with Gasteiger partial charge < -0.3 is 19.9 Å². The Balaban J connectivity index is 1.93. The van der Waals surface area contributed by atoms with Gasteiger partial charge in [-0.05, 0) is 43.4 Å². The molecule has 0 spiro atoms. The molecule has 1 aliphatic rings. The summed E-state index contributed by atoms with van der Waals surface area (Å²) in [6.45, 7) is 1.93. The number of carboxylic acids is 1. The molecule has 0 unspecified atom stereocenters. The van der Waals surface area contributed by atoms with Gasteiger partial charge in [-0.1, -0.05) is 12.1 Å². The van der Waals surface area contributed by atoms with Crippen molar-refractivity contribution in [3.8, 4) is 5.75 Å². The fourth-order valence-electron chi connectivity index (χ4n) is 3.19. The average Bonchev–Trinajstić information content (AvgIpc) is 2.64.